The first-order valence-corrected chi connectivity index (χ1v) is 8.23. The fourth-order valence-corrected chi connectivity index (χ4v) is 3.65. The van der Waals surface area contributed by atoms with E-state index in [0.717, 1.165) is 21.5 Å². The van der Waals surface area contributed by atoms with Crippen molar-refractivity contribution in [2.45, 2.75) is 13.8 Å². The topological polar surface area (TPSA) is 79.3 Å². The summed E-state index contributed by atoms with van der Waals surface area (Å²) in [7, 11) is 0. The Kier molecular flexibility index (Phi) is 3.24. The Morgan fingerprint density at radius 1 is 1.29 bits per heavy atom. The van der Waals surface area contributed by atoms with Crippen LogP contribution in [0.3, 0.4) is 0 Å². The van der Waals surface area contributed by atoms with Crippen LogP contribution >= 0.6 is 11.3 Å². The maximum atomic E-state index is 12.7. The standard InChI is InChI=1S/C17H14N4O2S/c1-9-10(2)24-17-19-8-12(16(23)21(9)17)15(22)20-14-5-3-4-13-11(14)6-7-18-13/h3-8,18H,1-2H3,(H,20,22). The SMILES string of the molecule is Cc1sc2ncc(C(=O)Nc3cccc4[nH]ccc34)c(=O)n2c1C. The molecular formula is C17H14N4O2S. The summed E-state index contributed by atoms with van der Waals surface area (Å²) in [6.07, 6.45) is 3.15. The number of aryl methyl sites for hydroxylation is 2. The van der Waals surface area contributed by atoms with Crippen molar-refractivity contribution in [3.8, 4) is 0 Å². The van der Waals surface area contributed by atoms with Gasteiger partial charge in [-0.05, 0) is 32.0 Å². The van der Waals surface area contributed by atoms with Crippen LogP contribution in [0.25, 0.3) is 15.9 Å². The number of benzene rings is 1. The van der Waals surface area contributed by atoms with Crippen LogP contribution in [0.1, 0.15) is 20.9 Å². The molecule has 0 saturated carbocycles. The van der Waals surface area contributed by atoms with E-state index in [2.05, 4.69) is 15.3 Å². The Hall–Kier alpha value is -2.93. The molecule has 0 saturated heterocycles. The van der Waals surface area contributed by atoms with E-state index < -0.39 is 5.91 Å². The minimum Gasteiger partial charge on any atom is -0.361 e. The lowest BCUT2D eigenvalue weighted by molar-refractivity contribution is 0.102. The number of fused-ring (bicyclic) bond motifs is 2. The molecule has 1 amide bonds. The van der Waals surface area contributed by atoms with Gasteiger partial charge in [0.05, 0.1) is 5.69 Å². The Labute approximate surface area is 140 Å². The number of nitrogens with zero attached hydrogens (tertiary/aromatic N) is 2. The van der Waals surface area contributed by atoms with Gasteiger partial charge >= 0.3 is 0 Å². The van der Waals surface area contributed by atoms with Crippen LogP contribution in [0, 0.1) is 13.8 Å². The zero-order valence-electron chi connectivity index (χ0n) is 13.1. The average molecular weight is 338 g/mol. The highest BCUT2D eigenvalue weighted by molar-refractivity contribution is 7.17. The highest BCUT2D eigenvalue weighted by Gasteiger charge is 2.17. The summed E-state index contributed by atoms with van der Waals surface area (Å²) in [6.45, 7) is 3.78. The van der Waals surface area contributed by atoms with E-state index in [4.69, 9.17) is 0 Å². The Morgan fingerprint density at radius 2 is 2.12 bits per heavy atom. The minimum absolute atomic E-state index is 0.0286. The van der Waals surface area contributed by atoms with Gasteiger partial charge in [0.1, 0.15) is 5.56 Å². The molecule has 0 atom stereocenters. The molecule has 3 heterocycles. The van der Waals surface area contributed by atoms with Crippen LogP contribution < -0.4 is 10.9 Å². The minimum atomic E-state index is -0.459. The van der Waals surface area contributed by atoms with E-state index in [0.29, 0.717) is 10.6 Å². The van der Waals surface area contributed by atoms with Gasteiger partial charge in [-0.2, -0.15) is 0 Å². The number of hydrogen-bond donors (Lipinski definition) is 2. The third-order valence-electron chi connectivity index (χ3n) is 4.11. The smallest absolute Gasteiger partial charge is 0.271 e. The quantitative estimate of drug-likeness (QED) is 0.589. The highest BCUT2D eigenvalue weighted by atomic mass is 32.1. The highest BCUT2D eigenvalue weighted by Crippen LogP contribution is 2.23. The fraction of sp³-hybridized carbons (Fsp3) is 0.118. The van der Waals surface area contributed by atoms with Crippen molar-refractivity contribution in [3.63, 3.8) is 0 Å². The third-order valence-corrected chi connectivity index (χ3v) is 5.18. The molecule has 7 heteroatoms. The van der Waals surface area contributed by atoms with Crippen molar-refractivity contribution in [1.29, 1.82) is 0 Å². The van der Waals surface area contributed by atoms with Crippen molar-refractivity contribution < 1.29 is 4.79 Å². The second kappa shape index (κ2) is 5.31. The van der Waals surface area contributed by atoms with Crippen molar-refractivity contribution in [2.75, 3.05) is 5.32 Å². The number of hydrogen-bond acceptors (Lipinski definition) is 4. The zero-order chi connectivity index (χ0) is 16.8. The van der Waals surface area contributed by atoms with Gasteiger partial charge in [-0.3, -0.25) is 14.0 Å². The molecule has 0 spiro atoms. The third kappa shape index (κ3) is 2.13. The van der Waals surface area contributed by atoms with Gasteiger partial charge < -0.3 is 10.3 Å². The monoisotopic (exact) mass is 338 g/mol. The normalized spacial score (nSPS) is 11.2. The first-order chi connectivity index (χ1) is 11.6. The molecule has 6 nitrogen and oxygen atoms in total. The lowest BCUT2D eigenvalue weighted by Crippen LogP contribution is -2.26. The van der Waals surface area contributed by atoms with Crippen molar-refractivity contribution in [2.24, 2.45) is 0 Å². The first-order valence-electron chi connectivity index (χ1n) is 7.41. The van der Waals surface area contributed by atoms with E-state index >= 15 is 0 Å². The summed E-state index contributed by atoms with van der Waals surface area (Å²) in [5.41, 5.74) is 2.07. The average Bonchev–Trinajstić information content (AvgIpc) is 3.14. The van der Waals surface area contributed by atoms with Gasteiger partial charge in [-0.25, -0.2) is 4.98 Å². The number of thiazole rings is 1. The Bertz CT molecular complexity index is 1150. The summed E-state index contributed by atoms with van der Waals surface area (Å²) in [5.74, 6) is -0.459. The predicted octanol–water partition coefficient (Wildman–Crippen LogP) is 3.11. The van der Waals surface area contributed by atoms with Crippen LogP contribution in [-0.4, -0.2) is 20.3 Å². The van der Waals surface area contributed by atoms with E-state index in [1.54, 1.807) is 12.3 Å². The fourth-order valence-electron chi connectivity index (χ4n) is 2.72. The van der Waals surface area contributed by atoms with Gasteiger partial charge in [-0.1, -0.05) is 6.07 Å². The molecule has 2 N–H and O–H groups in total. The van der Waals surface area contributed by atoms with Crippen LogP contribution in [0.5, 0.6) is 0 Å². The predicted molar refractivity (Wildman–Crippen MR) is 95.1 cm³/mol. The number of anilines is 1. The van der Waals surface area contributed by atoms with Crippen molar-refractivity contribution >= 4 is 38.8 Å². The molecule has 0 bridgehead atoms. The molecule has 0 aliphatic heterocycles. The molecule has 4 aromatic rings. The van der Waals surface area contributed by atoms with Gasteiger partial charge in [0.25, 0.3) is 11.5 Å². The van der Waals surface area contributed by atoms with E-state index in [1.807, 2.05) is 32.0 Å². The lowest BCUT2D eigenvalue weighted by Gasteiger charge is -2.06. The molecule has 0 aliphatic carbocycles. The molecule has 0 unspecified atom stereocenters. The van der Waals surface area contributed by atoms with Crippen molar-refractivity contribution in [1.82, 2.24) is 14.4 Å². The van der Waals surface area contributed by atoms with Crippen LogP contribution in [-0.2, 0) is 0 Å². The number of carbonyl (C=O) groups excluding carboxylic acids is 1. The molecule has 3 aromatic heterocycles. The summed E-state index contributed by atoms with van der Waals surface area (Å²) in [6, 6.07) is 7.45. The number of aromatic nitrogens is 3. The number of rotatable bonds is 2. The second-order valence-electron chi connectivity index (χ2n) is 5.54. The zero-order valence-corrected chi connectivity index (χ0v) is 13.9. The number of aromatic amines is 1. The Balaban J connectivity index is 1.79. The Morgan fingerprint density at radius 3 is 2.96 bits per heavy atom. The van der Waals surface area contributed by atoms with Gasteiger partial charge in [0, 0.05) is 33.9 Å². The number of carbonyl (C=O) groups is 1. The van der Waals surface area contributed by atoms with Gasteiger partial charge in [0.15, 0.2) is 4.96 Å². The van der Waals surface area contributed by atoms with Crippen molar-refractivity contribution in [3.05, 3.63) is 63.1 Å². The maximum Gasteiger partial charge on any atom is 0.271 e. The molecular weight excluding hydrogens is 324 g/mol. The molecule has 0 aliphatic rings. The molecule has 24 heavy (non-hydrogen) atoms. The van der Waals surface area contributed by atoms with E-state index in [1.165, 1.54) is 21.9 Å². The molecule has 0 radical (unpaired) electrons. The number of H-pyrrole nitrogens is 1. The maximum absolute atomic E-state index is 12.7. The summed E-state index contributed by atoms with van der Waals surface area (Å²) < 4.78 is 1.49. The summed E-state index contributed by atoms with van der Waals surface area (Å²) in [5, 5.41) is 3.70. The van der Waals surface area contributed by atoms with E-state index in [-0.39, 0.29) is 11.1 Å². The van der Waals surface area contributed by atoms with Gasteiger partial charge in [0.2, 0.25) is 0 Å². The molecule has 1 aromatic carbocycles. The second-order valence-corrected chi connectivity index (χ2v) is 6.72. The van der Waals surface area contributed by atoms with Crippen LogP contribution in [0.4, 0.5) is 5.69 Å². The molecule has 0 fully saturated rings. The largest absolute Gasteiger partial charge is 0.361 e. The van der Waals surface area contributed by atoms with Crippen LogP contribution in [0.2, 0.25) is 0 Å². The molecule has 4 rings (SSSR count). The lowest BCUT2D eigenvalue weighted by atomic mass is 10.2. The number of amides is 1. The summed E-state index contributed by atoms with van der Waals surface area (Å²) in [4.78, 5) is 34.2. The van der Waals surface area contributed by atoms with Gasteiger partial charge in [-0.15, -0.1) is 11.3 Å². The number of nitrogens with one attached hydrogen (secondary N) is 2. The van der Waals surface area contributed by atoms with E-state index in [9.17, 15) is 9.59 Å². The summed E-state index contributed by atoms with van der Waals surface area (Å²) >= 11 is 1.44. The first kappa shape index (κ1) is 14.6. The van der Waals surface area contributed by atoms with Crippen LogP contribution in [0.15, 0.2) is 41.5 Å². The molecule has 120 valence electrons.